The van der Waals surface area contributed by atoms with Gasteiger partial charge in [0.15, 0.2) is 0 Å². The smallest absolute Gasteiger partial charge is 0.206 e. The first-order valence-electron chi connectivity index (χ1n) is 8.27. The molecule has 0 unspecified atom stereocenters. The van der Waals surface area contributed by atoms with Gasteiger partial charge in [0.1, 0.15) is 0 Å². The molecule has 2 aromatic carbocycles. The summed E-state index contributed by atoms with van der Waals surface area (Å²) in [7, 11) is 0. The summed E-state index contributed by atoms with van der Waals surface area (Å²) in [4.78, 5) is 0. The van der Waals surface area contributed by atoms with Gasteiger partial charge in [0, 0.05) is 12.8 Å². The summed E-state index contributed by atoms with van der Waals surface area (Å²) in [5.74, 6) is -2.60. The van der Waals surface area contributed by atoms with Crippen LogP contribution in [0.15, 0.2) is 55.6 Å². The Hall–Kier alpha value is -2.22. The number of aryl methyl sites for hydroxylation is 1. The lowest BCUT2D eigenvalue weighted by Crippen LogP contribution is -2.14. The average Bonchev–Trinajstić information content (AvgIpc) is 2.85. The van der Waals surface area contributed by atoms with E-state index in [2.05, 4.69) is 38.3 Å². The highest BCUT2D eigenvalue weighted by Gasteiger charge is 2.37. The van der Waals surface area contributed by atoms with E-state index in [9.17, 15) is 8.78 Å². The van der Waals surface area contributed by atoms with Crippen LogP contribution in [-0.2, 0) is 12.8 Å². The molecule has 0 radical (unpaired) electrons. The summed E-state index contributed by atoms with van der Waals surface area (Å²) >= 11 is 0. The molecule has 0 fully saturated rings. The number of alkyl halides is 2. The summed E-state index contributed by atoms with van der Waals surface area (Å²) < 4.78 is 27.0. The highest BCUT2D eigenvalue weighted by Crippen LogP contribution is 2.36. The Morgan fingerprint density at radius 1 is 0.917 bits per heavy atom. The zero-order chi connectivity index (χ0) is 17.3. The van der Waals surface area contributed by atoms with Crippen LogP contribution < -0.4 is 0 Å². The lowest BCUT2D eigenvalue weighted by molar-refractivity contribution is 0.0130. The van der Waals surface area contributed by atoms with E-state index in [0.717, 1.165) is 46.2 Å². The molecule has 0 aromatic heterocycles. The van der Waals surface area contributed by atoms with Crippen LogP contribution in [0.25, 0.3) is 11.1 Å². The third kappa shape index (κ3) is 3.64. The number of halogens is 2. The van der Waals surface area contributed by atoms with Crippen LogP contribution in [-0.4, -0.2) is 5.92 Å². The maximum Gasteiger partial charge on any atom is 0.256 e. The van der Waals surface area contributed by atoms with Crippen molar-refractivity contribution in [3.8, 4) is 0 Å². The Kier molecular flexibility index (Phi) is 4.40. The number of fused-ring (bicyclic) bond motifs is 1. The fourth-order valence-corrected chi connectivity index (χ4v) is 3.26. The lowest BCUT2D eigenvalue weighted by atomic mass is 9.94. The average molecular weight is 324 g/mol. The molecule has 0 N–H and O–H groups in total. The van der Waals surface area contributed by atoms with Gasteiger partial charge in [0.05, 0.1) is 0 Å². The van der Waals surface area contributed by atoms with E-state index in [1.165, 1.54) is 5.56 Å². The molecule has 24 heavy (non-hydrogen) atoms. The van der Waals surface area contributed by atoms with Crippen molar-refractivity contribution in [2.75, 3.05) is 0 Å². The standard InChI is InChI=1S/C22H22F2/c1-15-5-4-6-18(11-15)16(2)7-8-17(3)19-9-10-20-13-22(23,24)14-21(20)12-19/h4-6,9-12H,2-3,7-8,13-14H2,1H3. The highest BCUT2D eigenvalue weighted by atomic mass is 19.3. The number of hydrogen-bond donors (Lipinski definition) is 0. The van der Waals surface area contributed by atoms with Crippen molar-refractivity contribution in [3.63, 3.8) is 0 Å². The molecule has 0 bridgehead atoms. The molecule has 3 rings (SSSR count). The van der Waals surface area contributed by atoms with Crippen LogP contribution in [0.4, 0.5) is 8.78 Å². The SMILES string of the molecule is C=C(CCC(=C)c1ccc2c(c1)CC(F)(F)C2)c1cccc(C)c1. The lowest BCUT2D eigenvalue weighted by Gasteiger charge is -2.10. The first-order valence-corrected chi connectivity index (χ1v) is 8.27. The first kappa shape index (κ1) is 16.6. The molecular formula is C22H22F2. The van der Waals surface area contributed by atoms with Gasteiger partial charge in [0.2, 0.25) is 0 Å². The number of hydrogen-bond acceptors (Lipinski definition) is 0. The Labute approximate surface area is 142 Å². The van der Waals surface area contributed by atoms with Crippen molar-refractivity contribution < 1.29 is 8.78 Å². The minimum Gasteiger partial charge on any atom is -0.206 e. The van der Waals surface area contributed by atoms with Gasteiger partial charge in [-0.15, -0.1) is 0 Å². The Morgan fingerprint density at radius 3 is 2.21 bits per heavy atom. The number of rotatable bonds is 5. The van der Waals surface area contributed by atoms with E-state index in [4.69, 9.17) is 0 Å². The molecule has 0 nitrogen and oxygen atoms in total. The van der Waals surface area contributed by atoms with Gasteiger partial charge in [-0.3, -0.25) is 0 Å². The number of benzene rings is 2. The Morgan fingerprint density at radius 2 is 1.54 bits per heavy atom. The Bertz CT molecular complexity index is 799. The summed E-state index contributed by atoms with van der Waals surface area (Å²) in [6.07, 6.45) is 1.30. The van der Waals surface area contributed by atoms with Crippen LogP contribution in [0.1, 0.15) is 40.7 Å². The molecule has 0 heterocycles. The zero-order valence-electron chi connectivity index (χ0n) is 14.0. The predicted molar refractivity (Wildman–Crippen MR) is 97.3 cm³/mol. The minimum absolute atomic E-state index is 0.140. The van der Waals surface area contributed by atoms with Crippen LogP contribution >= 0.6 is 0 Å². The predicted octanol–water partition coefficient (Wildman–Crippen LogP) is 6.24. The van der Waals surface area contributed by atoms with E-state index >= 15 is 0 Å². The molecule has 0 saturated carbocycles. The van der Waals surface area contributed by atoms with Crippen molar-refractivity contribution in [1.82, 2.24) is 0 Å². The first-order chi connectivity index (χ1) is 11.3. The third-order valence-electron chi connectivity index (χ3n) is 4.67. The van der Waals surface area contributed by atoms with Crippen molar-refractivity contribution in [1.29, 1.82) is 0 Å². The molecule has 0 aliphatic heterocycles. The second kappa shape index (κ2) is 6.35. The van der Waals surface area contributed by atoms with Crippen LogP contribution in [0.5, 0.6) is 0 Å². The largest absolute Gasteiger partial charge is 0.256 e. The highest BCUT2D eigenvalue weighted by molar-refractivity contribution is 5.69. The molecule has 2 aromatic rings. The summed E-state index contributed by atoms with van der Waals surface area (Å²) in [5, 5.41) is 0. The second-order valence-corrected chi connectivity index (χ2v) is 6.77. The summed E-state index contributed by atoms with van der Waals surface area (Å²) in [5.41, 5.74) is 6.90. The molecule has 0 amide bonds. The molecule has 1 aliphatic rings. The van der Waals surface area contributed by atoms with Crippen molar-refractivity contribution in [3.05, 3.63) is 83.4 Å². The van der Waals surface area contributed by atoms with Crippen molar-refractivity contribution in [2.45, 2.75) is 38.5 Å². The normalized spacial score (nSPS) is 15.1. The quantitative estimate of drug-likeness (QED) is 0.611. The second-order valence-electron chi connectivity index (χ2n) is 6.77. The maximum atomic E-state index is 13.5. The fourth-order valence-electron chi connectivity index (χ4n) is 3.26. The molecule has 124 valence electrons. The van der Waals surface area contributed by atoms with Gasteiger partial charge in [0.25, 0.3) is 5.92 Å². The summed E-state index contributed by atoms with van der Waals surface area (Å²) in [6, 6.07) is 13.9. The van der Waals surface area contributed by atoms with E-state index < -0.39 is 5.92 Å². The maximum absolute atomic E-state index is 13.5. The van der Waals surface area contributed by atoms with E-state index in [1.54, 1.807) is 0 Å². The van der Waals surface area contributed by atoms with Crippen molar-refractivity contribution >= 4 is 11.1 Å². The van der Waals surface area contributed by atoms with Crippen molar-refractivity contribution in [2.24, 2.45) is 0 Å². The van der Waals surface area contributed by atoms with Gasteiger partial charge in [-0.2, -0.15) is 0 Å². The molecule has 0 spiro atoms. The van der Waals surface area contributed by atoms with Gasteiger partial charge in [-0.1, -0.05) is 61.2 Å². The molecule has 0 saturated heterocycles. The van der Waals surface area contributed by atoms with Crippen LogP contribution in [0.2, 0.25) is 0 Å². The minimum atomic E-state index is -2.60. The van der Waals surface area contributed by atoms with E-state index in [-0.39, 0.29) is 12.8 Å². The topological polar surface area (TPSA) is 0 Å². The fraction of sp³-hybridized carbons (Fsp3) is 0.273. The van der Waals surface area contributed by atoms with E-state index in [1.807, 2.05) is 24.3 Å². The number of allylic oxidation sites excluding steroid dienone is 2. The van der Waals surface area contributed by atoms with Crippen LogP contribution in [0.3, 0.4) is 0 Å². The monoisotopic (exact) mass is 324 g/mol. The molecule has 0 atom stereocenters. The molecular weight excluding hydrogens is 302 g/mol. The summed E-state index contributed by atoms with van der Waals surface area (Å²) in [6.45, 7) is 10.4. The van der Waals surface area contributed by atoms with E-state index in [0.29, 0.717) is 0 Å². The molecule has 2 heteroatoms. The van der Waals surface area contributed by atoms with Gasteiger partial charge < -0.3 is 0 Å². The molecule has 1 aliphatic carbocycles. The third-order valence-corrected chi connectivity index (χ3v) is 4.67. The van der Waals surface area contributed by atoms with Gasteiger partial charge in [-0.05, 0) is 53.2 Å². The zero-order valence-corrected chi connectivity index (χ0v) is 14.0. The Balaban J connectivity index is 1.65. The van der Waals surface area contributed by atoms with Crippen LogP contribution in [0, 0.1) is 6.92 Å². The van der Waals surface area contributed by atoms with Gasteiger partial charge in [-0.25, -0.2) is 8.78 Å². The van der Waals surface area contributed by atoms with Gasteiger partial charge >= 0.3 is 0 Å².